The summed E-state index contributed by atoms with van der Waals surface area (Å²) in [7, 11) is 0. The molecule has 1 saturated heterocycles. The van der Waals surface area contributed by atoms with Gasteiger partial charge in [-0.2, -0.15) is 4.98 Å². The molecule has 7 heteroatoms. The molecule has 4 rings (SSSR count). The van der Waals surface area contributed by atoms with Crippen LogP contribution >= 0.6 is 22.9 Å². The quantitative estimate of drug-likeness (QED) is 0.784. The van der Waals surface area contributed by atoms with Crippen molar-refractivity contribution < 1.29 is 9.32 Å². The molecule has 23 heavy (non-hydrogen) atoms. The van der Waals surface area contributed by atoms with E-state index in [1.54, 1.807) is 11.3 Å². The number of carbonyl (C=O) groups excluding carboxylic acids is 1. The minimum atomic E-state index is 0.115. The van der Waals surface area contributed by atoms with Gasteiger partial charge in [-0.1, -0.05) is 35.0 Å². The third-order valence-corrected chi connectivity index (χ3v) is 5.71. The molecule has 5 nitrogen and oxygen atoms in total. The average Bonchev–Trinajstić information content (AvgIpc) is 3.15. The van der Waals surface area contributed by atoms with E-state index in [-0.39, 0.29) is 5.91 Å². The molecule has 118 valence electrons. The van der Waals surface area contributed by atoms with Gasteiger partial charge in [-0.15, -0.1) is 11.3 Å². The van der Waals surface area contributed by atoms with E-state index in [2.05, 4.69) is 15.5 Å². The lowest BCUT2D eigenvalue weighted by Gasteiger charge is -2.20. The number of carbonyl (C=O) groups is 1. The van der Waals surface area contributed by atoms with Gasteiger partial charge in [0.05, 0.1) is 9.90 Å². The summed E-state index contributed by atoms with van der Waals surface area (Å²) in [6.07, 6.45) is 2.09. The van der Waals surface area contributed by atoms with Crippen molar-refractivity contribution in [2.75, 3.05) is 6.54 Å². The molecular formula is C16H14ClN3O2S. The SMILES string of the molecule is O=C1CCC(Cc2nc(-c3sc4ccccc4c3Cl)no2)CN1. The first-order valence-electron chi connectivity index (χ1n) is 7.47. The van der Waals surface area contributed by atoms with Crippen molar-refractivity contribution in [1.29, 1.82) is 0 Å². The van der Waals surface area contributed by atoms with Crippen molar-refractivity contribution in [3.05, 3.63) is 35.2 Å². The van der Waals surface area contributed by atoms with Crippen molar-refractivity contribution >= 4 is 38.9 Å². The maximum atomic E-state index is 11.2. The van der Waals surface area contributed by atoms with Gasteiger partial charge >= 0.3 is 0 Å². The lowest BCUT2D eigenvalue weighted by molar-refractivity contribution is -0.122. The number of thiophene rings is 1. The predicted molar refractivity (Wildman–Crippen MR) is 89.6 cm³/mol. The van der Waals surface area contributed by atoms with Crippen LogP contribution in [0, 0.1) is 5.92 Å². The summed E-state index contributed by atoms with van der Waals surface area (Å²) in [5, 5.41) is 8.62. The molecule has 0 radical (unpaired) electrons. The standard InChI is InChI=1S/C16H14ClN3O2S/c17-14-10-3-1-2-4-11(10)23-15(14)16-19-13(22-20-16)7-9-5-6-12(21)18-8-9/h1-4,9H,5-8H2,(H,18,21). The molecule has 0 aliphatic carbocycles. The van der Waals surface area contributed by atoms with Gasteiger partial charge in [-0.3, -0.25) is 4.79 Å². The van der Waals surface area contributed by atoms with Crippen molar-refractivity contribution in [2.45, 2.75) is 19.3 Å². The van der Waals surface area contributed by atoms with E-state index in [9.17, 15) is 4.79 Å². The van der Waals surface area contributed by atoms with Crippen molar-refractivity contribution in [3.63, 3.8) is 0 Å². The summed E-state index contributed by atoms with van der Waals surface area (Å²) < 4.78 is 6.48. The van der Waals surface area contributed by atoms with Gasteiger partial charge in [-0.25, -0.2) is 0 Å². The zero-order valence-corrected chi connectivity index (χ0v) is 13.8. The van der Waals surface area contributed by atoms with E-state index in [1.165, 1.54) is 0 Å². The highest BCUT2D eigenvalue weighted by Gasteiger charge is 2.22. The minimum Gasteiger partial charge on any atom is -0.356 e. The number of rotatable bonds is 3. The number of piperidine rings is 1. The first-order valence-corrected chi connectivity index (χ1v) is 8.67. The normalized spacial score (nSPS) is 18.3. The van der Waals surface area contributed by atoms with Crippen LogP contribution in [0.4, 0.5) is 0 Å². The largest absolute Gasteiger partial charge is 0.356 e. The van der Waals surface area contributed by atoms with Crippen LogP contribution in [0.3, 0.4) is 0 Å². The number of halogens is 1. The molecule has 3 aromatic rings. The molecule has 1 amide bonds. The van der Waals surface area contributed by atoms with Crippen molar-refractivity contribution in [3.8, 4) is 10.7 Å². The summed E-state index contributed by atoms with van der Waals surface area (Å²) in [6, 6.07) is 7.96. The van der Waals surface area contributed by atoms with Gasteiger partial charge < -0.3 is 9.84 Å². The fourth-order valence-electron chi connectivity index (χ4n) is 2.79. The molecule has 0 bridgehead atoms. The molecule has 0 spiro atoms. The van der Waals surface area contributed by atoms with E-state index in [0.29, 0.717) is 42.0 Å². The van der Waals surface area contributed by atoms with Crippen LogP contribution in [0.5, 0.6) is 0 Å². The van der Waals surface area contributed by atoms with Gasteiger partial charge in [0.1, 0.15) is 0 Å². The average molecular weight is 348 g/mol. The number of amides is 1. The first-order chi connectivity index (χ1) is 11.2. The second-order valence-corrected chi connectivity index (χ2v) is 7.10. The molecular weight excluding hydrogens is 334 g/mol. The summed E-state index contributed by atoms with van der Waals surface area (Å²) in [4.78, 5) is 16.5. The number of aromatic nitrogens is 2. The molecule has 0 saturated carbocycles. The van der Waals surface area contributed by atoms with E-state index >= 15 is 0 Å². The highest BCUT2D eigenvalue weighted by Crippen LogP contribution is 2.40. The van der Waals surface area contributed by atoms with Crippen molar-refractivity contribution in [1.82, 2.24) is 15.5 Å². The van der Waals surface area contributed by atoms with E-state index in [0.717, 1.165) is 21.4 Å². The summed E-state index contributed by atoms with van der Waals surface area (Å²) in [6.45, 7) is 0.667. The Morgan fingerprint density at radius 1 is 1.39 bits per heavy atom. The Balaban J connectivity index is 1.57. The van der Waals surface area contributed by atoms with Gasteiger partial charge in [0.25, 0.3) is 0 Å². The smallest absolute Gasteiger partial charge is 0.227 e. The number of nitrogens with one attached hydrogen (secondary N) is 1. The minimum absolute atomic E-state index is 0.115. The van der Waals surface area contributed by atoms with Crippen molar-refractivity contribution in [2.24, 2.45) is 5.92 Å². The van der Waals surface area contributed by atoms with Gasteiger partial charge in [0.2, 0.25) is 17.6 Å². The number of benzene rings is 1. The third-order valence-electron chi connectivity index (χ3n) is 4.04. The molecule has 1 unspecified atom stereocenters. The second kappa shape index (κ2) is 5.94. The van der Waals surface area contributed by atoms with E-state index in [1.807, 2.05) is 24.3 Å². The van der Waals surface area contributed by atoms with Crippen LogP contribution in [0.2, 0.25) is 5.02 Å². The lowest BCUT2D eigenvalue weighted by Crippen LogP contribution is -2.35. The third kappa shape index (κ3) is 2.84. The lowest BCUT2D eigenvalue weighted by atomic mass is 9.96. The van der Waals surface area contributed by atoms with Crippen LogP contribution in [0.1, 0.15) is 18.7 Å². The molecule has 1 fully saturated rings. The molecule has 1 N–H and O–H groups in total. The van der Waals surface area contributed by atoms with Gasteiger partial charge in [-0.05, 0) is 18.4 Å². The first kappa shape index (κ1) is 14.7. The van der Waals surface area contributed by atoms with E-state index in [4.69, 9.17) is 16.1 Å². The fourth-order valence-corrected chi connectivity index (χ4v) is 4.23. The monoisotopic (exact) mass is 347 g/mol. The van der Waals surface area contributed by atoms with Crippen LogP contribution in [0.15, 0.2) is 28.8 Å². The Morgan fingerprint density at radius 3 is 3.04 bits per heavy atom. The highest BCUT2D eigenvalue weighted by atomic mass is 35.5. The Morgan fingerprint density at radius 2 is 2.26 bits per heavy atom. The Hall–Kier alpha value is -1.92. The number of hydrogen-bond acceptors (Lipinski definition) is 5. The Kier molecular flexibility index (Phi) is 3.79. The molecule has 3 heterocycles. The maximum Gasteiger partial charge on any atom is 0.227 e. The number of nitrogens with zero attached hydrogens (tertiary/aromatic N) is 2. The van der Waals surface area contributed by atoms with Gasteiger partial charge in [0, 0.05) is 29.5 Å². The zero-order chi connectivity index (χ0) is 15.8. The maximum absolute atomic E-state index is 11.2. The van der Waals surface area contributed by atoms with Crippen LogP contribution in [0.25, 0.3) is 20.8 Å². The zero-order valence-electron chi connectivity index (χ0n) is 12.2. The Bertz CT molecular complexity index is 863. The van der Waals surface area contributed by atoms with Gasteiger partial charge in [0.15, 0.2) is 0 Å². The topological polar surface area (TPSA) is 68.0 Å². The van der Waals surface area contributed by atoms with Crippen LogP contribution in [-0.4, -0.2) is 22.6 Å². The van der Waals surface area contributed by atoms with Crippen LogP contribution < -0.4 is 5.32 Å². The number of fused-ring (bicyclic) bond motifs is 1. The molecule has 1 atom stereocenters. The number of hydrogen-bond donors (Lipinski definition) is 1. The summed E-state index contributed by atoms with van der Waals surface area (Å²) in [5.74, 6) is 1.59. The molecule has 1 aliphatic heterocycles. The fraction of sp³-hybridized carbons (Fsp3) is 0.312. The van der Waals surface area contributed by atoms with Crippen LogP contribution in [-0.2, 0) is 11.2 Å². The molecule has 1 aliphatic rings. The Labute approximate surface area is 141 Å². The summed E-state index contributed by atoms with van der Waals surface area (Å²) in [5.41, 5.74) is 0. The predicted octanol–water partition coefficient (Wildman–Crippen LogP) is 3.67. The summed E-state index contributed by atoms with van der Waals surface area (Å²) >= 11 is 8.01. The molecule has 1 aromatic carbocycles. The highest BCUT2D eigenvalue weighted by molar-refractivity contribution is 7.23. The molecule has 2 aromatic heterocycles. The van der Waals surface area contributed by atoms with E-state index < -0.39 is 0 Å². The second-order valence-electron chi connectivity index (χ2n) is 5.67.